The van der Waals surface area contributed by atoms with Crippen molar-refractivity contribution in [2.24, 2.45) is 12.8 Å². The number of anilines is 4. The molecule has 42 heavy (non-hydrogen) atoms. The summed E-state index contributed by atoms with van der Waals surface area (Å²) in [4.78, 5) is 55.2. The number of halogens is 1. The lowest BCUT2D eigenvalue weighted by Crippen LogP contribution is -2.36. The summed E-state index contributed by atoms with van der Waals surface area (Å²) >= 11 is 0. The molecule has 1 fully saturated rings. The van der Waals surface area contributed by atoms with E-state index >= 15 is 0 Å². The summed E-state index contributed by atoms with van der Waals surface area (Å²) in [7, 11) is 3.16. The van der Waals surface area contributed by atoms with Crippen molar-refractivity contribution in [1.29, 1.82) is 0 Å². The number of hydrogen-bond donors (Lipinski definition) is 2. The lowest BCUT2D eigenvalue weighted by Gasteiger charge is -2.29. The highest BCUT2D eigenvalue weighted by atomic mass is 19.1. The standard InChI is InChI=1S/C30H34FN5O4.C2H6/c1-17-10-13-23(22(31)14-17)33-26-24(28(39)34(5)20-11-12-20)25(18(2)27(38)35(26)6)36(16-37)21-9-7-8-19(15-21)30(3,4)29(32)40;1-2/h7-10,13-16,20,33H,11-12H2,1-6H3,(H2,32,40);1-2H3. The van der Waals surface area contributed by atoms with Gasteiger partial charge in [0.2, 0.25) is 12.3 Å². The first-order valence-corrected chi connectivity index (χ1v) is 14.0. The zero-order valence-electron chi connectivity index (χ0n) is 25.5. The number of benzene rings is 2. The molecule has 0 atom stereocenters. The normalized spacial score (nSPS) is 12.6. The molecule has 1 aliphatic carbocycles. The topological polar surface area (TPSA) is 118 Å². The van der Waals surface area contributed by atoms with Crippen molar-refractivity contribution in [3.63, 3.8) is 0 Å². The molecule has 10 heteroatoms. The molecule has 3 amide bonds. The van der Waals surface area contributed by atoms with Crippen LogP contribution in [0.15, 0.2) is 47.3 Å². The summed E-state index contributed by atoms with van der Waals surface area (Å²) in [6.45, 7) is 10.6. The number of primary amides is 1. The average molecular weight is 578 g/mol. The second-order valence-corrected chi connectivity index (χ2v) is 10.8. The molecular weight excluding hydrogens is 537 g/mol. The maximum atomic E-state index is 14.9. The van der Waals surface area contributed by atoms with E-state index in [-0.39, 0.29) is 34.4 Å². The molecule has 0 radical (unpaired) electrons. The molecule has 1 heterocycles. The number of aromatic nitrogens is 1. The summed E-state index contributed by atoms with van der Waals surface area (Å²) in [5.41, 5.74) is 6.01. The van der Waals surface area contributed by atoms with E-state index in [2.05, 4.69) is 5.32 Å². The lowest BCUT2D eigenvalue weighted by molar-refractivity contribution is -0.122. The minimum absolute atomic E-state index is 0.0197. The van der Waals surface area contributed by atoms with Gasteiger partial charge < -0.3 is 16.0 Å². The number of rotatable bonds is 9. The smallest absolute Gasteiger partial charge is 0.259 e. The van der Waals surface area contributed by atoms with Gasteiger partial charge in [-0.05, 0) is 75.9 Å². The number of pyridine rings is 1. The van der Waals surface area contributed by atoms with Gasteiger partial charge in [0.1, 0.15) is 17.2 Å². The van der Waals surface area contributed by atoms with Crippen molar-refractivity contribution in [3.8, 4) is 0 Å². The highest BCUT2D eigenvalue weighted by Crippen LogP contribution is 2.38. The predicted molar refractivity (Wildman–Crippen MR) is 164 cm³/mol. The molecule has 9 nitrogen and oxygen atoms in total. The summed E-state index contributed by atoms with van der Waals surface area (Å²) in [5, 5.41) is 2.96. The van der Waals surface area contributed by atoms with Gasteiger partial charge in [-0.3, -0.25) is 28.6 Å². The van der Waals surface area contributed by atoms with E-state index < -0.39 is 28.6 Å². The third-order valence-corrected chi connectivity index (χ3v) is 7.60. The van der Waals surface area contributed by atoms with Crippen LogP contribution in [0.1, 0.15) is 67.6 Å². The molecule has 1 aliphatic rings. The summed E-state index contributed by atoms with van der Waals surface area (Å²) in [6.07, 6.45) is 2.18. The van der Waals surface area contributed by atoms with E-state index in [4.69, 9.17) is 5.73 Å². The molecule has 1 saturated carbocycles. The molecule has 0 bridgehead atoms. The third-order valence-electron chi connectivity index (χ3n) is 7.60. The predicted octanol–water partition coefficient (Wildman–Crippen LogP) is 5.20. The van der Waals surface area contributed by atoms with Crippen molar-refractivity contribution in [1.82, 2.24) is 9.47 Å². The van der Waals surface area contributed by atoms with Crippen molar-refractivity contribution >= 4 is 41.1 Å². The Morgan fingerprint density at radius 3 is 2.31 bits per heavy atom. The zero-order chi connectivity index (χ0) is 31.5. The Hall–Kier alpha value is -4.47. The Morgan fingerprint density at radius 2 is 1.76 bits per heavy atom. The number of amides is 3. The number of hydrogen-bond acceptors (Lipinski definition) is 5. The summed E-state index contributed by atoms with van der Waals surface area (Å²) < 4.78 is 16.2. The van der Waals surface area contributed by atoms with Crippen molar-refractivity contribution in [2.45, 2.75) is 65.8 Å². The number of aryl methyl sites for hydroxylation is 1. The molecule has 0 saturated heterocycles. The fourth-order valence-electron chi connectivity index (χ4n) is 4.65. The zero-order valence-corrected chi connectivity index (χ0v) is 25.5. The van der Waals surface area contributed by atoms with Crippen LogP contribution in [-0.2, 0) is 22.1 Å². The Morgan fingerprint density at radius 1 is 1.12 bits per heavy atom. The minimum atomic E-state index is -1.05. The van der Waals surface area contributed by atoms with E-state index in [1.807, 2.05) is 13.8 Å². The van der Waals surface area contributed by atoms with Crippen molar-refractivity contribution in [2.75, 3.05) is 17.3 Å². The molecule has 0 aliphatic heterocycles. The monoisotopic (exact) mass is 577 g/mol. The van der Waals surface area contributed by atoms with Crippen LogP contribution in [0.2, 0.25) is 0 Å². The number of nitrogens with zero attached hydrogens (tertiary/aromatic N) is 3. The molecular formula is C32H40FN5O4. The molecule has 0 spiro atoms. The van der Waals surface area contributed by atoms with E-state index in [1.54, 1.807) is 63.1 Å². The Balaban J connectivity index is 0.00000237. The fraction of sp³-hybridized carbons (Fsp3) is 0.375. The number of nitrogens with one attached hydrogen (secondary N) is 1. The molecule has 224 valence electrons. The van der Waals surface area contributed by atoms with Gasteiger partial charge in [-0.15, -0.1) is 0 Å². The van der Waals surface area contributed by atoms with E-state index in [0.717, 1.165) is 12.8 Å². The molecule has 2 aromatic carbocycles. The van der Waals surface area contributed by atoms with Crippen molar-refractivity contribution in [3.05, 3.63) is 80.9 Å². The maximum absolute atomic E-state index is 14.9. The average Bonchev–Trinajstić information content (AvgIpc) is 3.82. The van der Waals surface area contributed by atoms with Crippen LogP contribution in [-0.4, -0.2) is 40.8 Å². The first-order chi connectivity index (χ1) is 19.8. The molecule has 4 rings (SSSR count). The van der Waals surface area contributed by atoms with Crippen LogP contribution in [0.3, 0.4) is 0 Å². The summed E-state index contributed by atoms with van der Waals surface area (Å²) in [5.74, 6) is -1.49. The molecule has 0 unspecified atom stereocenters. The van der Waals surface area contributed by atoms with Gasteiger partial charge in [0.15, 0.2) is 0 Å². The minimum Gasteiger partial charge on any atom is -0.369 e. The first-order valence-electron chi connectivity index (χ1n) is 14.0. The highest BCUT2D eigenvalue weighted by Gasteiger charge is 2.36. The van der Waals surface area contributed by atoms with Crippen LogP contribution in [0.25, 0.3) is 0 Å². The number of carbonyl (C=O) groups is 3. The van der Waals surface area contributed by atoms with Crippen LogP contribution in [0, 0.1) is 19.7 Å². The van der Waals surface area contributed by atoms with Crippen LogP contribution < -0.4 is 21.5 Å². The lowest BCUT2D eigenvalue weighted by atomic mass is 9.84. The van der Waals surface area contributed by atoms with Crippen LogP contribution in [0.4, 0.5) is 27.3 Å². The molecule has 1 aromatic heterocycles. The van der Waals surface area contributed by atoms with Crippen molar-refractivity contribution < 1.29 is 18.8 Å². The van der Waals surface area contributed by atoms with Gasteiger partial charge in [0.05, 0.1) is 16.8 Å². The highest BCUT2D eigenvalue weighted by molar-refractivity contribution is 6.09. The second-order valence-electron chi connectivity index (χ2n) is 10.8. The van der Waals surface area contributed by atoms with Gasteiger partial charge in [-0.2, -0.15) is 0 Å². The Labute approximate surface area is 246 Å². The summed E-state index contributed by atoms with van der Waals surface area (Å²) in [6, 6.07) is 11.2. The van der Waals surface area contributed by atoms with Gasteiger partial charge in [-0.25, -0.2) is 4.39 Å². The maximum Gasteiger partial charge on any atom is 0.259 e. The van der Waals surface area contributed by atoms with Gasteiger partial charge in [0.25, 0.3) is 11.5 Å². The van der Waals surface area contributed by atoms with E-state index in [9.17, 15) is 23.6 Å². The first kappa shape index (κ1) is 32.0. The second kappa shape index (κ2) is 12.6. The van der Waals surface area contributed by atoms with Crippen LogP contribution in [0.5, 0.6) is 0 Å². The van der Waals surface area contributed by atoms with Gasteiger partial charge in [0, 0.05) is 31.4 Å². The Kier molecular flexibility index (Phi) is 9.60. The fourth-order valence-corrected chi connectivity index (χ4v) is 4.65. The largest absolute Gasteiger partial charge is 0.369 e. The number of carbonyl (C=O) groups excluding carboxylic acids is 3. The quantitative estimate of drug-likeness (QED) is 0.339. The SMILES string of the molecule is CC.Cc1ccc(Nc2c(C(=O)N(C)C3CC3)c(N(C=O)c3cccc(C(C)(C)C(N)=O)c3)c(C)c(=O)n2C)c(F)c1. The third kappa shape index (κ3) is 6.07. The van der Waals surface area contributed by atoms with Crippen LogP contribution >= 0.6 is 0 Å². The van der Waals surface area contributed by atoms with E-state index in [0.29, 0.717) is 23.2 Å². The van der Waals surface area contributed by atoms with Gasteiger partial charge >= 0.3 is 0 Å². The van der Waals surface area contributed by atoms with Gasteiger partial charge in [-0.1, -0.05) is 32.0 Å². The van der Waals surface area contributed by atoms with E-state index in [1.165, 1.54) is 35.6 Å². The number of nitrogens with two attached hydrogens (primary N) is 1. The molecule has 3 aromatic rings. The molecule has 3 N–H and O–H groups in total. The Bertz CT molecular complexity index is 1580.